The average Bonchev–Trinajstić information content (AvgIpc) is 2.94. The Kier molecular flexibility index (Phi) is 4.66. The van der Waals surface area contributed by atoms with Gasteiger partial charge in [-0.05, 0) is 30.9 Å². The molecule has 0 fully saturated rings. The van der Waals surface area contributed by atoms with Crippen molar-refractivity contribution in [1.82, 2.24) is 5.32 Å². The summed E-state index contributed by atoms with van der Waals surface area (Å²) in [6.07, 6.45) is 5.39. The minimum Gasteiger partial charge on any atom is -0.487 e. The van der Waals surface area contributed by atoms with Crippen molar-refractivity contribution in [2.45, 2.75) is 26.0 Å². The first-order valence-electron chi connectivity index (χ1n) is 6.56. The number of carbonyl (C=O) groups excluding carboxylic acids is 1. The van der Waals surface area contributed by atoms with Crippen LogP contribution in [-0.4, -0.2) is 11.4 Å². The van der Waals surface area contributed by atoms with Gasteiger partial charge in [-0.3, -0.25) is 4.79 Å². The highest BCUT2D eigenvalue weighted by Gasteiger charge is 2.21. The predicted octanol–water partition coefficient (Wildman–Crippen LogP) is 3.47. The number of carbonyl (C=O) groups is 1. The highest BCUT2D eigenvalue weighted by atomic mass is 32.1. The normalized spacial score (nSPS) is 10.7. The number of hydrogen-bond acceptors (Lipinski definition) is 3. The maximum Gasteiger partial charge on any atom is 0.266 e. The van der Waals surface area contributed by atoms with E-state index in [2.05, 4.69) is 11.2 Å². The van der Waals surface area contributed by atoms with E-state index in [1.54, 1.807) is 19.9 Å². The van der Waals surface area contributed by atoms with Gasteiger partial charge >= 0.3 is 0 Å². The summed E-state index contributed by atoms with van der Waals surface area (Å²) >= 11 is 1.34. The monoisotopic (exact) mass is 299 g/mol. The van der Waals surface area contributed by atoms with Gasteiger partial charge in [0.15, 0.2) is 0 Å². The summed E-state index contributed by atoms with van der Waals surface area (Å²) in [5, 5.41) is 4.63. The first kappa shape index (κ1) is 15.1. The third kappa shape index (κ3) is 4.11. The maximum absolute atomic E-state index is 12.2. The van der Waals surface area contributed by atoms with Gasteiger partial charge in [-0.1, -0.05) is 36.3 Å². The number of terminal acetylenes is 1. The number of hydrogen-bond donors (Lipinski definition) is 1. The molecule has 21 heavy (non-hydrogen) atoms. The SMILES string of the molecule is C#CC(C)(C)NC(=O)c1sccc1OCc1ccccc1. The molecule has 0 aliphatic rings. The number of benzene rings is 1. The number of rotatable bonds is 5. The first-order chi connectivity index (χ1) is 10.0. The molecular weight excluding hydrogens is 282 g/mol. The zero-order valence-electron chi connectivity index (χ0n) is 12.1. The van der Waals surface area contributed by atoms with Gasteiger partial charge in [0.1, 0.15) is 17.2 Å². The van der Waals surface area contributed by atoms with Crippen LogP contribution in [0.2, 0.25) is 0 Å². The molecule has 2 aromatic rings. The molecule has 0 spiro atoms. The summed E-state index contributed by atoms with van der Waals surface area (Å²) < 4.78 is 5.73. The molecule has 0 saturated heterocycles. The van der Waals surface area contributed by atoms with E-state index in [1.807, 2.05) is 35.7 Å². The summed E-state index contributed by atoms with van der Waals surface area (Å²) in [6.45, 7) is 3.99. The van der Waals surface area contributed by atoms with E-state index in [-0.39, 0.29) is 5.91 Å². The van der Waals surface area contributed by atoms with Crippen LogP contribution >= 0.6 is 11.3 Å². The predicted molar refractivity (Wildman–Crippen MR) is 85.5 cm³/mol. The minimum absolute atomic E-state index is 0.212. The Morgan fingerprint density at radius 2 is 2.05 bits per heavy atom. The van der Waals surface area contributed by atoms with Gasteiger partial charge in [0.05, 0.1) is 5.54 Å². The van der Waals surface area contributed by atoms with Crippen LogP contribution in [0.1, 0.15) is 29.1 Å². The molecule has 1 heterocycles. The van der Waals surface area contributed by atoms with Crippen molar-refractivity contribution >= 4 is 17.2 Å². The fourth-order valence-electron chi connectivity index (χ4n) is 1.69. The second-order valence-corrected chi connectivity index (χ2v) is 6.03. The van der Waals surface area contributed by atoms with Crippen LogP contribution in [-0.2, 0) is 6.61 Å². The summed E-state index contributed by atoms with van der Waals surface area (Å²) in [5.41, 5.74) is 0.372. The number of nitrogens with one attached hydrogen (secondary N) is 1. The van der Waals surface area contributed by atoms with Gasteiger partial charge in [-0.15, -0.1) is 17.8 Å². The van der Waals surface area contributed by atoms with Gasteiger partial charge in [0.2, 0.25) is 0 Å². The lowest BCUT2D eigenvalue weighted by atomic mass is 10.1. The Labute approximate surface area is 129 Å². The highest BCUT2D eigenvalue weighted by molar-refractivity contribution is 7.12. The summed E-state index contributed by atoms with van der Waals surface area (Å²) in [4.78, 5) is 12.8. The smallest absolute Gasteiger partial charge is 0.266 e. The van der Waals surface area contributed by atoms with Crippen LogP contribution in [0.3, 0.4) is 0 Å². The molecule has 4 heteroatoms. The molecule has 0 radical (unpaired) electrons. The Morgan fingerprint density at radius 1 is 1.33 bits per heavy atom. The molecule has 1 aromatic carbocycles. The van der Waals surface area contributed by atoms with E-state index in [1.165, 1.54) is 11.3 Å². The van der Waals surface area contributed by atoms with E-state index < -0.39 is 5.54 Å². The molecular formula is C17H17NO2S. The standard InChI is InChI=1S/C17H17NO2S/c1-4-17(2,3)18-16(19)15-14(10-11-21-15)20-12-13-8-6-5-7-9-13/h1,5-11H,12H2,2-3H3,(H,18,19). The van der Waals surface area contributed by atoms with Crippen LogP contribution in [0.25, 0.3) is 0 Å². The molecule has 2 rings (SSSR count). The number of ether oxygens (including phenoxy) is 1. The lowest BCUT2D eigenvalue weighted by Crippen LogP contribution is -2.41. The van der Waals surface area contributed by atoms with Gasteiger partial charge in [0.25, 0.3) is 5.91 Å². The highest BCUT2D eigenvalue weighted by Crippen LogP contribution is 2.26. The average molecular weight is 299 g/mol. The minimum atomic E-state index is -0.683. The van der Waals surface area contributed by atoms with Gasteiger partial charge in [0, 0.05) is 0 Å². The van der Waals surface area contributed by atoms with Gasteiger partial charge in [-0.25, -0.2) is 0 Å². The third-order valence-corrected chi connectivity index (χ3v) is 3.75. The molecule has 3 nitrogen and oxygen atoms in total. The first-order valence-corrected chi connectivity index (χ1v) is 7.44. The third-order valence-electron chi connectivity index (χ3n) is 2.86. The molecule has 0 aliphatic heterocycles. The lowest BCUT2D eigenvalue weighted by Gasteiger charge is -2.19. The number of amides is 1. The quantitative estimate of drug-likeness (QED) is 0.859. The van der Waals surface area contributed by atoms with E-state index in [4.69, 9.17) is 11.2 Å². The van der Waals surface area contributed by atoms with Crippen LogP contribution in [0.15, 0.2) is 41.8 Å². The molecule has 1 amide bonds. The molecule has 1 aromatic heterocycles. The van der Waals surface area contributed by atoms with E-state index in [0.717, 1.165) is 5.56 Å². The van der Waals surface area contributed by atoms with E-state index >= 15 is 0 Å². The summed E-state index contributed by atoms with van der Waals surface area (Å²) in [6, 6.07) is 11.6. The Morgan fingerprint density at radius 3 is 2.71 bits per heavy atom. The largest absolute Gasteiger partial charge is 0.487 e. The van der Waals surface area contributed by atoms with Crippen LogP contribution in [0.5, 0.6) is 5.75 Å². The molecule has 1 N–H and O–H groups in total. The second kappa shape index (κ2) is 6.47. The van der Waals surface area contributed by atoms with Crippen molar-refractivity contribution in [3.63, 3.8) is 0 Å². The van der Waals surface area contributed by atoms with E-state index in [0.29, 0.717) is 17.2 Å². The second-order valence-electron chi connectivity index (χ2n) is 5.11. The van der Waals surface area contributed by atoms with Crippen molar-refractivity contribution in [2.24, 2.45) is 0 Å². The molecule has 0 unspecified atom stereocenters. The summed E-state index contributed by atoms with van der Waals surface area (Å²) in [5.74, 6) is 2.91. The van der Waals surface area contributed by atoms with Crippen molar-refractivity contribution in [2.75, 3.05) is 0 Å². The Bertz CT molecular complexity index is 653. The maximum atomic E-state index is 12.2. The van der Waals surface area contributed by atoms with E-state index in [9.17, 15) is 4.79 Å². The lowest BCUT2D eigenvalue weighted by molar-refractivity contribution is 0.0930. The zero-order chi connectivity index (χ0) is 15.3. The topological polar surface area (TPSA) is 38.3 Å². The van der Waals surface area contributed by atoms with Gasteiger partial charge in [-0.2, -0.15) is 0 Å². The fourth-order valence-corrected chi connectivity index (χ4v) is 2.42. The van der Waals surface area contributed by atoms with Crippen molar-refractivity contribution < 1.29 is 9.53 Å². The summed E-state index contributed by atoms with van der Waals surface area (Å²) in [7, 11) is 0. The molecule has 108 valence electrons. The van der Waals surface area contributed by atoms with Crippen LogP contribution in [0, 0.1) is 12.3 Å². The molecule has 0 bridgehead atoms. The fraction of sp³-hybridized carbons (Fsp3) is 0.235. The molecule has 0 aliphatic carbocycles. The van der Waals surface area contributed by atoms with Crippen molar-refractivity contribution in [3.05, 3.63) is 52.2 Å². The van der Waals surface area contributed by atoms with Crippen molar-refractivity contribution in [1.29, 1.82) is 0 Å². The Balaban J connectivity index is 2.05. The van der Waals surface area contributed by atoms with Crippen LogP contribution < -0.4 is 10.1 Å². The number of thiophene rings is 1. The zero-order valence-corrected chi connectivity index (χ0v) is 12.9. The molecule has 0 saturated carbocycles. The van der Waals surface area contributed by atoms with Crippen molar-refractivity contribution in [3.8, 4) is 18.1 Å². The Hall–Kier alpha value is -2.25. The van der Waals surface area contributed by atoms with Gasteiger partial charge < -0.3 is 10.1 Å². The van der Waals surface area contributed by atoms with Crippen LogP contribution in [0.4, 0.5) is 0 Å². The molecule has 0 atom stereocenters.